The lowest BCUT2D eigenvalue weighted by atomic mass is 9.78. The number of ether oxygens (including phenoxy) is 2. The van der Waals surface area contributed by atoms with E-state index in [1.54, 1.807) is 13.3 Å². The topological polar surface area (TPSA) is 105 Å². The van der Waals surface area contributed by atoms with Crippen LogP contribution in [-0.2, 0) is 15.7 Å². The molecule has 0 radical (unpaired) electrons. The van der Waals surface area contributed by atoms with Gasteiger partial charge < -0.3 is 23.7 Å². The van der Waals surface area contributed by atoms with Gasteiger partial charge in [0.1, 0.15) is 0 Å². The molecule has 6 heterocycles. The number of pyridine rings is 3. The fraction of sp³-hybridized carbons (Fsp3) is 0.485. The van der Waals surface area contributed by atoms with Gasteiger partial charge >= 0.3 is 13.1 Å². The summed E-state index contributed by atoms with van der Waals surface area (Å²) in [7, 11) is 2.79. The molecule has 4 aromatic rings. The summed E-state index contributed by atoms with van der Waals surface area (Å²) >= 11 is 0. The van der Waals surface area contributed by atoms with Gasteiger partial charge in [-0.3, -0.25) is 15.0 Å². The normalized spacial score (nSPS) is 17.4. The van der Waals surface area contributed by atoms with Crippen LogP contribution in [0.4, 0.5) is 0 Å². The molecule has 0 spiro atoms. The SMILES string of the molecule is COc1ncc(-c2cnc3cc(CCN4CCCC4)cnc3c2)c(OC)n1.Cc1ccc(B2OC(C)(C)C(C)(C)O2)c(C)n1. The molecule has 0 amide bonds. The fourth-order valence-electron chi connectivity index (χ4n) is 5.34. The monoisotopic (exact) mass is 598 g/mol. The lowest BCUT2D eigenvalue weighted by molar-refractivity contribution is 0.00578. The smallest absolute Gasteiger partial charge is 0.480 e. The number of methoxy groups -OCH3 is 2. The Morgan fingerprint density at radius 2 is 1.52 bits per heavy atom. The van der Waals surface area contributed by atoms with Crippen LogP contribution in [0.1, 0.15) is 57.5 Å². The zero-order valence-electron chi connectivity index (χ0n) is 27.2. The van der Waals surface area contributed by atoms with Crippen LogP contribution in [0.3, 0.4) is 0 Å². The maximum atomic E-state index is 6.01. The van der Waals surface area contributed by atoms with Crippen LogP contribution in [0, 0.1) is 13.8 Å². The first-order valence-corrected chi connectivity index (χ1v) is 15.2. The summed E-state index contributed by atoms with van der Waals surface area (Å²) in [5.41, 5.74) is 7.00. The molecule has 0 aliphatic carbocycles. The van der Waals surface area contributed by atoms with E-state index in [0.717, 1.165) is 52.0 Å². The van der Waals surface area contributed by atoms with Gasteiger partial charge in [0, 0.05) is 47.5 Å². The quantitative estimate of drug-likeness (QED) is 0.277. The Balaban J connectivity index is 0.000000195. The van der Waals surface area contributed by atoms with E-state index in [0.29, 0.717) is 5.88 Å². The molecule has 0 bridgehead atoms. The number of aryl methyl sites for hydroxylation is 2. The number of hydrogen-bond donors (Lipinski definition) is 0. The van der Waals surface area contributed by atoms with Crippen LogP contribution in [0.15, 0.2) is 42.9 Å². The van der Waals surface area contributed by atoms with Crippen LogP contribution >= 0.6 is 0 Å². The van der Waals surface area contributed by atoms with Crippen molar-refractivity contribution in [2.45, 2.75) is 72.0 Å². The number of rotatable bonds is 7. The zero-order chi connectivity index (χ0) is 31.5. The second kappa shape index (κ2) is 13.1. The summed E-state index contributed by atoms with van der Waals surface area (Å²) in [5, 5.41) is 0. The average molecular weight is 599 g/mol. The number of aromatic nitrogens is 5. The van der Waals surface area contributed by atoms with Crippen molar-refractivity contribution in [1.82, 2.24) is 29.8 Å². The van der Waals surface area contributed by atoms with Crippen molar-refractivity contribution < 1.29 is 18.8 Å². The van der Waals surface area contributed by atoms with Gasteiger partial charge in [-0.2, -0.15) is 4.98 Å². The molecule has 10 nitrogen and oxygen atoms in total. The molecule has 11 heteroatoms. The molecule has 4 aromatic heterocycles. The first-order valence-electron chi connectivity index (χ1n) is 15.2. The van der Waals surface area contributed by atoms with Crippen LogP contribution in [-0.4, -0.2) is 82.0 Å². The molecule has 2 aliphatic rings. The second-order valence-corrected chi connectivity index (χ2v) is 12.4. The van der Waals surface area contributed by atoms with Gasteiger partial charge in [-0.05, 0) is 97.7 Å². The van der Waals surface area contributed by atoms with Crippen molar-refractivity contribution in [2.24, 2.45) is 0 Å². The molecule has 0 unspecified atom stereocenters. The molecule has 44 heavy (non-hydrogen) atoms. The Hall–Kier alpha value is -3.67. The molecule has 0 atom stereocenters. The third-order valence-corrected chi connectivity index (χ3v) is 8.70. The lowest BCUT2D eigenvalue weighted by Crippen LogP contribution is -2.41. The maximum absolute atomic E-state index is 6.01. The zero-order valence-corrected chi connectivity index (χ0v) is 27.2. The van der Waals surface area contributed by atoms with E-state index >= 15 is 0 Å². The van der Waals surface area contributed by atoms with E-state index < -0.39 is 0 Å². The minimum absolute atomic E-state index is 0.269. The highest BCUT2D eigenvalue weighted by Crippen LogP contribution is 2.36. The van der Waals surface area contributed by atoms with Crippen molar-refractivity contribution in [2.75, 3.05) is 33.9 Å². The van der Waals surface area contributed by atoms with E-state index in [1.807, 2.05) is 44.4 Å². The summed E-state index contributed by atoms with van der Waals surface area (Å²) in [6.07, 6.45) is 9.08. The van der Waals surface area contributed by atoms with Gasteiger partial charge in [0.25, 0.3) is 0 Å². The molecule has 6 rings (SSSR count). The molecular formula is C33H43BN6O4. The second-order valence-electron chi connectivity index (χ2n) is 12.4. The summed E-state index contributed by atoms with van der Waals surface area (Å²) in [6, 6.07) is 8.42. The number of fused-ring (bicyclic) bond motifs is 1. The minimum Gasteiger partial charge on any atom is -0.480 e. The van der Waals surface area contributed by atoms with E-state index in [4.69, 9.17) is 18.8 Å². The summed E-state index contributed by atoms with van der Waals surface area (Å²) < 4.78 is 22.4. The third kappa shape index (κ3) is 7.01. The molecule has 0 N–H and O–H groups in total. The summed E-state index contributed by atoms with van der Waals surface area (Å²) in [6.45, 7) is 15.7. The first kappa shape index (κ1) is 31.8. The van der Waals surface area contributed by atoms with Crippen LogP contribution < -0.4 is 14.9 Å². The molecule has 2 aliphatic heterocycles. The Bertz CT molecular complexity index is 1590. The van der Waals surface area contributed by atoms with Gasteiger partial charge in [0.2, 0.25) is 5.88 Å². The molecular weight excluding hydrogens is 555 g/mol. The van der Waals surface area contributed by atoms with Gasteiger partial charge in [0.15, 0.2) is 0 Å². The van der Waals surface area contributed by atoms with E-state index in [1.165, 1.54) is 38.6 Å². The molecule has 2 saturated heterocycles. The largest absolute Gasteiger partial charge is 0.496 e. The van der Waals surface area contributed by atoms with Crippen LogP contribution in [0.2, 0.25) is 0 Å². The predicted molar refractivity (Wildman–Crippen MR) is 172 cm³/mol. The highest BCUT2D eigenvalue weighted by atomic mass is 16.7. The Kier molecular flexibility index (Phi) is 9.48. The van der Waals surface area contributed by atoms with Crippen molar-refractivity contribution in [3.63, 3.8) is 0 Å². The molecule has 0 saturated carbocycles. The van der Waals surface area contributed by atoms with Crippen molar-refractivity contribution >= 4 is 23.6 Å². The summed E-state index contributed by atoms with van der Waals surface area (Å²) in [4.78, 5) is 24.6. The van der Waals surface area contributed by atoms with Crippen molar-refractivity contribution in [3.05, 3.63) is 59.8 Å². The van der Waals surface area contributed by atoms with Gasteiger partial charge in [-0.25, -0.2) is 4.98 Å². The standard InChI is InChI=1S/C20H23N5O2.C13H20BNO2/c1-26-19-16(13-23-20(24-19)27-2)15-10-18-17(22-12-15)9-14(11-21-18)5-8-25-6-3-4-7-25;1-9-7-8-11(10(2)15-9)14-16-12(3,4)13(5,6)17-14/h9-13H,3-8H2,1-2H3;7-8H,1-6H3. The molecule has 232 valence electrons. The van der Waals surface area contributed by atoms with Gasteiger partial charge in [-0.15, -0.1) is 0 Å². The molecule has 0 aromatic carbocycles. The predicted octanol–water partition coefficient (Wildman–Crippen LogP) is 4.74. The highest BCUT2D eigenvalue weighted by Gasteiger charge is 2.52. The Morgan fingerprint density at radius 3 is 2.18 bits per heavy atom. The van der Waals surface area contributed by atoms with Crippen molar-refractivity contribution in [3.8, 4) is 23.0 Å². The fourth-order valence-corrected chi connectivity index (χ4v) is 5.34. The van der Waals surface area contributed by atoms with Gasteiger partial charge in [-0.1, -0.05) is 6.07 Å². The minimum atomic E-state index is -0.312. The number of hydrogen-bond acceptors (Lipinski definition) is 10. The maximum Gasteiger partial charge on any atom is 0.496 e. The van der Waals surface area contributed by atoms with Crippen LogP contribution in [0.5, 0.6) is 11.9 Å². The number of likely N-dealkylation sites (tertiary alicyclic amines) is 1. The van der Waals surface area contributed by atoms with Gasteiger partial charge in [0.05, 0.1) is 42.0 Å². The first-order chi connectivity index (χ1) is 21.0. The average Bonchev–Trinajstić information content (AvgIpc) is 3.60. The third-order valence-electron chi connectivity index (χ3n) is 8.70. The molecule has 2 fully saturated rings. The van der Waals surface area contributed by atoms with E-state index in [-0.39, 0.29) is 24.3 Å². The summed E-state index contributed by atoms with van der Waals surface area (Å²) in [5.74, 6) is 0.449. The van der Waals surface area contributed by atoms with Crippen LogP contribution in [0.25, 0.3) is 22.2 Å². The Morgan fingerprint density at radius 1 is 0.841 bits per heavy atom. The number of nitrogens with zero attached hydrogens (tertiary/aromatic N) is 6. The Labute approximate surface area is 260 Å². The lowest BCUT2D eigenvalue weighted by Gasteiger charge is -2.32. The van der Waals surface area contributed by atoms with E-state index in [2.05, 4.69) is 63.6 Å². The van der Waals surface area contributed by atoms with E-state index in [9.17, 15) is 0 Å². The van der Waals surface area contributed by atoms with Crippen molar-refractivity contribution in [1.29, 1.82) is 0 Å². The highest BCUT2D eigenvalue weighted by molar-refractivity contribution is 6.62.